The molecule has 0 aliphatic heterocycles. The van der Waals surface area contributed by atoms with Gasteiger partial charge in [-0.15, -0.1) is 0 Å². The summed E-state index contributed by atoms with van der Waals surface area (Å²) in [6.07, 6.45) is 40.7. The molecule has 12 heteroatoms. The van der Waals surface area contributed by atoms with Crippen LogP contribution in [0.15, 0.2) is 36.5 Å². The maximum atomic E-state index is 12.6. The minimum absolute atomic E-state index is 0.114. The lowest BCUT2D eigenvalue weighted by Gasteiger charge is -2.20. The van der Waals surface area contributed by atoms with Crippen molar-refractivity contribution in [2.45, 2.75) is 199 Å². The predicted molar refractivity (Wildman–Crippen MR) is 222 cm³/mol. The van der Waals surface area contributed by atoms with Crippen LogP contribution in [0.5, 0.6) is 0 Å². The largest absolute Gasteiger partial charge is 0.480 e. The Kier molecular flexibility index (Phi) is 37.0. The van der Waals surface area contributed by atoms with Gasteiger partial charge >= 0.3 is 25.7 Å². The zero-order valence-corrected chi connectivity index (χ0v) is 35.4. The van der Waals surface area contributed by atoms with Gasteiger partial charge in [-0.25, -0.2) is 4.57 Å². The summed E-state index contributed by atoms with van der Waals surface area (Å²) in [4.78, 5) is 45.9. The van der Waals surface area contributed by atoms with Gasteiger partial charge in [0.05, 0.1) is 13.2 Å². The van der Waals surface area contributed by atoms with Gasteiger partial charge in [0.2, 0.25) is 0 Å². The number of phosphoric ester groups is 1. The smallest absolute Gasteiger partial charge is 0.472 e. The molecule has 0 saturated heterocycles. The van der Waals surface area contributed by atoms with Crippen molar-refractivity contribution in [3.8, 4) is 0 Å². The number of hydrogen-bond acceptors (Lipinski definition) is 9. The Bertz CT molecular complexity index is 1080. The van der Waals surface area contributed by atoms with Crippen molar-refractivity contribution in [3.05, 3.63) is 36.5 Å². The van der Waals surface area contributed by atoms with Crippen molar-refractivity contribution in [2.75, 3.05) is 19.8 Å². The summed E-state index contributed by atoms with van der Waals surface area (Å²) >= 11 is 0. The highest BCUT2D eigenvalue weighted by atomic mass is 31.2. The van der Waals surface area contributed by atoms with Crippen LogP contribution in [0, 0.1) is 0 Å². The van der Waals surface area contributed by atoms with Crippen molar-refractivity contribution in [1.29, 1.82) is 0 Å². The van der Waals surface area contributed by atoms with E-state index in [1.165, 1.54) is 96.3 Å². The molecular formula is C43H78NO10P. The van der Waals surface area contributed by atoms with Crippen LogP contribution in [0.25, 0.3) is 0 Å². The van der Waals surface area contributed by atoms with Crippen LogP contribution in [0.1, 0.15) is 187 Å². The second kappa shape index (κ2) is 38.6. The highest BCUT2D eigenvalue weighted by Crippen LogP contribution is 2.43. The van der Waals surface area contributed by atoms with Gasteiger partial charge in [-0.2, -0.15) is 0 Å². The molecular weight excluding hydrogens is 721 g/mol. The van der Waals surface area contributed by atoms with Crippen LogP contribution in [0.2, 0.25) is 0 Å². The number of nitrogens with two attached hydrogens (primary N) is 1. The number of esters is 2. The normalized spacial score (nSPS) is 14.1. The van der Waals surface area contributed by atoms with E-state index in [1.54, 1.807) is 0 Å². The highest BCUT2D eigenvalue weighted by molar-refractivity contribution is 7.47. The lowest BCUT2D eigenvalue weighted by molar-refractivity contribution is -0.161. The highest BCUT2D eigenvalue weighted by Gasteiger charge is 2.28. The van der Waals surface area contributed by atoms with Crippen LogP contribution in [-0.4, -0.2) is 59.9 Å². The molecule has 0 aliphatic rings. The first-order chi connectivity index (χ1) is 26.6. The van der Waals surface area contributed by atoms with Gasteiger partial charge in [0.15, 0.2) is 6.10 Å². The Labute approximate surface area is 333 Å². The molecule has 0 rings (SSSR count). The van der Waals surface area contributed by atoms with Crippen molar-refractivity contribution < 1.29 is 47.5 Å². The topological polar surface area (TPSA) is 172 Å². The molecule has 0 aromatic heterocycles. The second-order valence-electron chi connectivity index (χ2n) is 14.5. The number of ether oxygens (including phenoxy) is 2. The molecule has 55 heavy (non-hydrogen) atoms. The van der Waals surface area contributed by atoms with E-state index in [4.69, 9.17) is 24.8 Å². The average Bonchev–Trinajstić information content (AvgIpc) is 3.16. The quantitative estimate of drug-likeness (QED) is 0.0233. The minimum Gasteiger partial charge on any atom is -0.480 e. The van der Waals surface area contributed by atoms with E-state index in [0.29, 0.717) is 12.8 Å². The number of carbonyl (C=O) groups excluding carboxylic acids is 2. The molecule has 0 radical (unpaired) electrons. The zero-order valence-electron chi connectivity index (χ0n) is 34.5. The van der Waals surface area contributed by atoms with Crippen LogP contribution in [-0.2, 0) is 37.5 Å². The summed E-state index contributed by atoms with van der Waals surface area (Å²) in [5.74, 6) is -2.42. The maximum Gasteiger partial charge on any atom is 0.472 e. The number of unbranched alkanes of at least 4 members (excludes halogenated alkanes) is 20. The summed E-state index contributed by atoms with van der Waals surface area (Å²) in [5, 5.41) is 8.88. The van der Waals surface area contributed by atoms with E-state index in [2.05, 4.69) is 54.8 Å². The van der Waals surface area contributed by atoms with Crippen LogP contribution >= 0.6 is 7.82 Å². The van der Waals surface area contributed by atoms with Crippen molar-refractivity contribution in [3.63, 3.8) is 0 Å². The molecule has 0 aromatic carbocycles. The molecule has 4 N–H and O–H groups in total. The number of allylic oxidation sites excluding steroid dienone is 6. The third-order valence-electron chi connectivity index (χ3n) is 9.14. The van der Waals surface area contributed by atoms with E-state index >= 15 is 0 Å². The predicted octanol–water partition coefficient (Wildman–Crippen LogP) is 11.2. The number of rotatable bonds is 40. The van der Waals surface area contributed by atoms with Gasteiger partial charge in [0, 0.05) is 12.8 Å². The summed E-state index contributed by atoms with van der Waals surface area (Å²) in [6.45, 7) is 2.74. The van der Waals surface area contributed by atoms with Gasteiger partial charge in [-0.1, -0.05) is 159 Å². The number of carbonyl (C=O) groups is 3. The lowest BCUT2D eigenvalue weighted by atomic mass is 10.0. The lowest BCUT2D eigenvalue weighted by Crippen LogP contribution is -2.34. The first-order valence-electron chi connectivity index (χ1n) is 21.5. The Morgan fingerprint density at radius 3 is 1.47 bits per heavy atom. The number of aliphatic carboxylic acids is 1. The van der Waals surface area contributed by atoms with Crippen LogP contribution < -0.4 is 5.73 Å². The molecule has 0 amide bonds. The fraction of sp³-hybridized carbons (Fsp3) is 0.791. The first-order valence-corrected chi connectivity index (χ1v) is 23.0. The number of phosphoric acid groups is 1. The molecule has 0 saturated carbocycles. The molecule has 1 unspecified atom stereocenters. The van der Waals surface area contributed by atoms with Gasteiger partial charge in [0.25, 0.3) is 0 Å². The van der Waals surface area contributed by atoms with E-state index in [0.717, 1.165) is 51.4 Å². The summed E-state index contributed by atoms with van der Waals surface area (Å²) < 4.78 is 32.6. The molecule has 3 atom stereocenters. The van der Waals surface area contributed by atoms with Crippen molar-refractivity contribution in [2.24, 2.45) is 5.73 Å². The fourth-order valence-electron chi connectivity index (χ4n) is 5.72. The zero-order chi connectivity index (χ0) is 40.7. The molecule has 0 bridgehead atoms. The monoisotopic (exact) mass is 800 g/mol. The van der Waals surface area contributed by atoms with Crippen LogP contribution in [0.3, 0.4) is 0 Å². The molecule has 0 spiro atoms. The molecule has 0 aromatic rings. The average molecular weight is 800 g/mol. The molecule has 0 heterocycles. The van der Waals surface area contributed by atoms with E-state index < -0.39 is 51.1 Å². The summed E-state index contributed by atoms with van der Waals surface area (Å²) in [5.41, 5.74) is 5.33. The Balaban J connectivity index is 4.42. The third-order valence-corrected chi connectivity index (χ3v) is 10.1. The van der Waals surface area contributed by atoms with E-state index in [1.807, 2.05) is 0 Å². The first kappa shape index (κ1) is 52.7. The van der Waals surface area contributed by atoms with Gasteiger partial charge in [-0.3, -0.25) is 23.4 Å². The van der Waals surface area contributed by atoms with Gasteiger partial charge < -0.3 is 25.2 Å². The molecule has 320 valence electrons. The third kappa shape index (κ3) is 38.4. The Morgan fingerprint density at radius 1 is 0.564 bits per heavy atom. The number of carboxylic acid groups (broad SMARTS) is 1. The number of carboxylic acids is 1. The minimum atomic E-state index is -4.72. The van der Waals surface area contributed by atoms with E-state index in [-0.39, 0.29) is 19.4 Å². The van der Waals surface area contributed by atoms with Crippen molar-refractivity contribution >= 4 is 25.7 Å². The molecule has 0 aliphatic carbocycles. The van der Waals surface area contributed by atoms with E-state index in [9.17, 15) is 23.8 Å². The second-order valence-corrected chi connectivity index (χ2v) is 15.9. The summed E-state index contributed by atoms with van der Waals surface area (Å²) in [7, 11) is -4.72. The van der Waals surface area contributed by atoms with Gasteiger partial charge in [0.1, 0.15) is 12.6 Å². The Morgan fingerprint density at radius 2 is 0.964 bits per heavy atom. The Hall–Kier alpha value is -2.30. The fourth-order valence-corrected chi connectivity index (χ4v) is 6.50. The van der Waals surface area contributed by atoms with Gasteiger partial charge in [-0.05, 0) is 51.4 Å². The maximum absolute atomic E-state index is 12.6. The summed E-state index contributed by atoms with van der Waals surface area (Å²) in [6, 6.07) is -1.53. The number of hydrogen-bond donors (Lipinski definition) is 3. The van der Waals surface area contributed by atoms with Crippen LogP contribution in [0.4, 0.5) is 0 Å². The standard InChI is InChI=1S/C43H78NO10P/c1-3-5-7-9-11-13-15-17-19-21-22-24-26-28-30-32-34-41(45)51-36-39(37-52-55(49,50)53-38-40(44)43(47)48)54-42(46)35-33-31-29-27-25-23-20-18-16-14-12-10-8-6-4-2/h12,14,18,20,25,27,39-40H,3-11,13,15-17,19,21-24,26,28-38,44H2,1-2H3,(H,47,48)(H,49,50)/b14-12-,20-18-,27-25-/t39-,40+/m1/s1. The molecule has 11 nitrogen and oxygen atoms in total. The molecule has 0 fully saturated rings. The van der Waals surface area contributed by atoms with Crippen molar-refractivity contribution in [1.82, 2.24) is 0 Å². The SMILES string of the molecule is CCCCC/C=C\C/C=C\C/C=C\CCCCC(=O)O[C@H](COC(=O)CCCCCCCCCCCCCCCCCC)COP(=O)(O)OC[C@H](N)C(=O)O.